The van der Waals surface area contributed by atoms with E-state index in [0.29, 0.717) is 47.1 Å². The molecule has 0 radical (unpaired) electrons. The van der Waals surface area contributed by atoms with Gasteiger partial charge in [0, 0.05) is 17.0 Å². The van der Waals surface area contributed by atoms with Crippen LogP contribution < -0.4 is 14.8 Å². The number of carbonyl (C=O) groups excluding carboxylic acids is 1. The number of nitrogens with zero attached hydrogens (tertiary/aromatic N) is 2. The number of amides is 1. The largest absolute Gasteiger partial charge is 0.486 e. The van der Waals surface area contributed by atoms with E-state index in [0.717, 1.165) is 0 Å². The SMILES string of the molecule is CC(C)c1nnc([C@H](C)NC(=O)Cc2cc3c(cc2Cl)OCCO3)o1. The Balaban J connectivity index is 1.65. The van der Waals surface area contributed by atoms with E-state index in [9.17, 15) is 4.79 Å². The Morgan fingerprint density at radius 1 is 1.16 bits per heavy atom. The average Bonchev–Trinajstić information content (AvgIpc) is 3.06. The topological polar surface area (TPSA) is 86.5 Å². The Morgan fingerprint density at radius 2 is 1.80 bits per heavy atom. The molecule has 0 fully saturated rings. The predicted molar refractivity (Wildman–Crippen MR) is 91.1 cm³/mol. The highest BCUT2D eigenvalue weighted by atomic mass is 35.5. The highest BCUT2D eigenvalue weighted by Crippen LogP contribution is 2.35. The second kappa shape index (κ2) is 7.31. The lowest BCUT2D eigenvalue weighted by Gasteiger charge is -2.20. The third-order valence-electron chi connectivity index (χ3n) is 3.76. The molecule has 1 atom stereocenters. The van der Waals surface area contributed by atoms with Crippen LogP contribution in [0.25, 0.3) is 0 Å². The van der Waals surface area contributed by atoms with Crippen molar-refractivity contribution in [2.75, 3.05) is 13.2 Å². The van der Waals surface area contributed by atoms with Gasteiger partial charge in [-0.2, -0.15) is 0 Å². The zero-order valence-corrected chi connectivity index (χ0v) is 15.1. The fraction of sp³-hybridized carbons (Fsp3) is 0.471. The van der Waals surface area contributed by atoms with Crippen LogP contribution in [0.1, 0.15) is 50.1 Å². The lowest BCUT2D eigenvalue weighted by atomic mass is 10.1. The molecule has 3 rings (SSSR count). The van der Waals surface area contributed by atoms with Crippen molar-refractivity contribution in [1.29, 1.82) is 0 Å². The molecule has 1 aromatic carbocycles. The first-order valence-electron chi connectivity index (χ1n) is 8.14. The Bertz CT molecular complexity index is 775. The molecule has 1 aliphatic rings. The summed E-state index contributed by atoms with van der Waals surface area (Å²) in [4.78, 5) is 12.3. The number of carbonyl (C=O) groups is 1. The van der Waals surface area contributed by atoms with Gasteiger partial charge in [0.25, 0.3) is 0 Å². The summed E-state index contributed by atoms with van der Waals surface area (Å²) in [5.74, 6) is 2.07. The van der Waals surface area contributed by atoms with Crippen LogP contribution in [0.5, 0.6) is 11.5 Å². The van der Waals surface area contributed by atoms with Crippen molar-refractivity contribution in [3.05, 3.63) is 34.5 Å². The smallest absolute Gasteiger partial charge is 0.238 e. The van der Waals surface area contributed by atoms with Gasteiger partial charge in [-0.15, -0.1) is 10.2 Å². The molecule has 0 aliphatic carbocycles. The number of halogens is 1. The fourth-order valence-corrected chi connectivity index (χ4v) is 2.64. The quantitative estimate of drug-likeness (QED) is 0.876. The monoisotopic (exact) mass is 365 g/mol. The first-order chi connectivity index (χ1) is 11.9. The van der Waals surface area contributed by atoms with Crippen molar-refractivity contribution in [2.45, 2.75) is 39.2 Å². The first-order valence-corrected chi connectivity index (χ1v) is 8.52. The number of hydrogen-bond donors (Lipinski definition) is 1. The maximum Gasteiger partial charge on any atom is 0.238 e. The number of nitrogens with one attached hydrogen (secondary N) is 1. The van der Waals surface area contributed by atoms with Crippen LogP contribution in [-0.4, -0.2) is 29.3 Å². The number of rotatable bonds is 5. The second-order valence-corrected chi connectivity index (χ2v) is 6.59. The molecule has 0 saturated carbocycles. The van der Waals surface area contributed by atoms with E-state index in [4.69, 9.17) is 25.5 Å². The lowest BCUT2D eigenvalue weighted by Crippen LogP contribution is -2.28. The molecule has 1 N–H and O–H groups in total. The Hall–Kier alpha value is -2.28. The Kier molecular flexibility index (Phi) is 5.13. The molecule has 1 amide bonds. The van der Waals surface area contributed by atoms with Gasteiger partial charge in [0.1, 0.15) is 19.3 Å². The van der Waals surface area contributed by atoms with Gasteiger partial charge in [-0.05, 0) is 18.6 Å². The molecule has 1 aliphatic heterocycles. The third kappa shape index (κ3) is 4.04. The number of ether oxygens (including phenoxy) is 2. The summed E-state index contributed by atoms with van der Waals surface area (Å²) in [6.45, 7) is 6.69. The summed E-state index contributed by atoms with van der Waals surface area (Å²) in [5.41, 5.74) is 0.670. The molecule has 0 unspecified atom stereocenters. The normalized spacial score (nSPS) is 14.4. The zero-order chi connectivity index (χ0) is 18.0. The van der Waals surface area contributed by atoms with Crippen molar-refractivity contribution in [2.24, 2.45) is 0 Å². The van der Waals surface area contributed by atoms with Crippen molar-refractivity contribution in [1.82, 2.24) is 15.5 Å². The van der Waals surface area contributed by atoms with Crippen molar-refractivity contribution in [3.8, 4) is 11.5 Å². The number of fused-ring (bicyclic) bond motifs is 1. The molecular weight excluding hydrogens is 346 g/mol. The van der Waals surface area contributed by atoms with Crippen LogP contribution in [-0.2, 0) is 11.2 Å². The molecule has 1 aromatic heterocycles. The molecule has 2 heterocycles. The van der Waals surface area contributed by atoms with E-state index in [1.54, 1.807) is 19.1 Å². The number of hydrogen-bond acceptors (Lipinski definition) is 6. The second-order valence-electron chi connectivity index (χ2n) is 6.19. The molecule has 0 spiro atoms. The summed E-state index contributed by atoms with van der Waals surface area (Å²) in [5, 5.41) is 11.3. The Morgan fingerprint density at radius 3 is 2.44 bits per heavy atom. The van der Waals surface area contributed by atoms with E-state index in [1.165, 1.54) is 0 Å². The van der Waals surface area contributed by atoms with Gasteiger partial charge in [-0.3, -0.25) is 4.79 Å². The maximum atomic E-state index is 12.3. The summed E-state index contributed by atoms with van der Waals surface area (Å²) in [6, 6.07) is 3.03. The summed E-state index contributed by atoms with van der Waals surface area (Å²) >= 11 is 6.24. The summed E-state index contributed by atoms with van der Waals surface area (Å²) in [7, 11) is 0. The van der Waals surface area contributed by atoms with Gasteiger partial charge in [0.15, 0.2) is 11.5 Å². The minimum Gasteiger partial charge on any atom is -0.486 e. The third-order valence-corrected chi connectivity index (χ3v) is 4.11. The average molecular weight is 366 g/mol. The van der Waals surface area contributed by atoms with E-state index >= 15 is 0 Å². The molecule has 25 heavy (non-hydrogen) atoms. The molecule has 7 nitrogen and oxygen atoms in total. The summed E-state index contributed by atoms with van der Waals surface area (Å²) in [6.07, 6.45) is 0.116. The molecule has 0 saturated heterocycles. The highest BCUT2D eigenvalue weighted by molar-refractivity contribution is 6.31. The van der Waals surface area contributed by atoms with Gasteiger partial charge in [-0.1, -0.05) is 25.4 Å². The van der Waals surface area contributed by atoms with Crippen LogP contribution >= 0.6 is 11.6 Å². The van der Waals surface area contributed by atoms with Gasteiger partial charge in [0.2, 0.25) is 17.7 Å². The lowest BCUT2D eigenvalue weighted by molar-refractivity contribution is -0.121. The van der Waals surface area contributed by atoms with Gasteiger partial charge >= 0.3 is 0 Å². The van der Waals surface area contributed by atoms with Crippen LogP contribution in [0, 0.1) is 0 Å². The minimum atomic E-state index is -0.386. The van der Waals surface area contributed by atoms with E-state index in [1.807, 2.05) is 13.8 Å². The molecule has 134 valence electrons. The molecule has 2 aromatic rings. The minimum absolute atomic E-state index is 0.116. The number of benzene rings is 1. The number of aromatic nitrogens is 2. The van der Waals surface area contributed by atoms with Crippen molar-refractivity contribution in [3.63, 3.8) is 0 Å². The van der Waals surface area contributed by atoms with Crippen LogP contribution in [0.2, 0.25) is 5.02 Å². The van der Waals surface area contributed by atoms with Gasteiger partial charge < -0.3 is 19.2 Å². The van der Waals surface area contributed by atoms with Crippen LogP contribution in [0.15, 0.2) is 16.5 Å². The van der Waals surface area contributed by atoms with Gasteiger partial charge in [0.05, 0.1) is 6.42 Å². The van der Waals surface area contributed by atoms with E-state index < -0.39 is 0 Å². The maximum absolute atomic E-state index is 12.3. The standard InChI is InChI=1S/C17H20ClN3O4/c1-9(2)16-20-21-17(25-16)10(3)19-15(22)7-11-6-13-14(8-12(11)18)24-5-4-23-13/h6,8-10H,4-5,7H2,1-3H3,(H,19,22)/t10-/m0/s1. The Labute approximate surface area is 150 Å². The van der Waals surface area contributed by atoms with Gasteiger partial charge in [-0.25, -0.2) is 0 Å². The van der Waals surface area contributed by atoms with Crippen LogP contribution in [0.4, 0.5) is 0 Å². The zero-order valence-electron chi connectivity index (χ0n) is 14.3. The molecule has 0 bridgehead atoms. The first kappa shape index (κ1) is 17.5. The summed E-state index contributed by atoms with van der Waals surface area (Å²) < 4.78 is 16.6. The van der Waals surface area contributed by atoms with Crippen molar-refractivity contribution < 1.29 is 18.7 Å². The molecular formula is C17H20ClN3O4. The highest BCUT2D eigenvalue weighted by Gasteiger charge is 2.20. The van der Waals surface area contributed by atoms with Crippen molar-refractivity contribution >= 4 is 17.5 Å². The van der Waals surface area contributed by atoms with E-state index in [2.05, 4.69) is 15.5 Å². The fourth-order valence-electron chi connectivity index (χ4n) is 2.42. The predicted octanol–water partition coefficient (Wildman–Crippen LogP) is 3.04. The van der Waals surface area contributed by atoms with E-state index in [-0.39, 0.29) is 24.3 Å². The van der Waals surface area contributed by atoms with Crippen LogP contribution in [0.3, 0.4) is 0 Å². The molecule has 8 heteroatoms.